The lowest BCUT2D eigenvalue weighted by atomic mass is 9.83. The normalized spacial score (nSPS) is 16.2. The number of thiazole rings is 1. The van der Waals surface area contributed by atoms with Crippen LogP contribution in [0.1, 0.15) is 17.0 Å². The van der Waals surface area contributed by atoms with Crippen LogP contribution in [0.25, 0.3) is 17.5 Å². The predicted molar refractivity (Wildman–Crippen MR) is 113 cm³/mol. The highest BCUT2D eigenvalue weighted by Crippen LogP contribution is 2.35. The number of nitrogens with zero attached hydrogens (tertiary/aromatic N) is 2. The zero-order chi connectivity index (χ0) is 22.3. The van der Waals surface area contributed by atoms with Crippen LogP contribution in [0.5, 0.6) is 0 Å². The molecule has 0 fully saturated rings. The van der Waals surface area contributed by atoms with E-state index in [-0.39, 0.29) is 26.2 Å². The minimum Gasteiger partial charge on any atom is -0.384 e. The maximum absolute atomic E-state index is 13.4. The number of fused-ring (bicyclic) bond motifs is 1. The van der Waals surface area contributed by atoms with Gasteiger partial charge in [-0.05, 0) is 41.5 Å². The number of primary amides is 1. The number of amides is 1. The molecule has 1 aliphatic heterocycles. The molecule has 0 radical (unpaired) electrons. The molecule has 3 aromatic rings. The fourth-order valence-corrected chi connectivity index (χ4v) is 4.67. The number of nitrogens with two attached hydrogens (primary N) is 2. The number of hydrogen-bond donors (Lipinski definition) is 2. The van der Waals surface area contributed by atoms with Crippen molar-refractivity contribution in [2.75, 3.05) is 0 Å². The van der Waals surface area contributed by atoms with Crippen LogP contribution >= 0.6 is 11.3 Å². The maximum atomic E-state index is 13.4. The van der Waals surface area contributed by atoms with Gasteiger partial charge in [-0.3, -0.25) is 14.2 Å². The summed E-state index contributed by atoms with van der Waals surface area (Å²) in [5, 5.41) is 9.75. The Balaban J connectivity index is 2.07. The lowest BCUT2D eigenvalue weighted by molar-refractivity contribution is -0.113. The molecule has 31 heavy (non-hydrogen) atoms. The molecule has 6 nitrogen and oxygen atoms in total. The number of benzene rings is 2. The number of carbonyl (C=O) groups excluding carboxylic acids is 1. The van der Waals surface area contributed by atoms with Crippen molar-refractivity contribution in [2.24, 2.45) is 11.5 Å². The smallest absolute Gasteiger partial charge is 0.274 e. The van der Waals surface area contributed by atoms with Crippen LogP contribution in [0.4, 0.5) is 8.78 Å². The topological polar surface area (TPSA) is 115 Å². The maximum Gasteiger partial charge on any atom is 0.274 e. The summed E-state index contributed by atoms with van der Waals surface area (Å²) in [7, 11) is 0. The van der Waals surface area contributed by atoms with Crippen LogP contribution in [0.2, 0.25) is 0 Å². The first-order valence-corrected chi connectivity index (χ1v) is 9.82. The molecule has 0 aliphatic carbocycles. The third-order valence-electron chi connectivity index (χ3n) is 4.91. The SMILES string of the molecule is N#CC1=C(N)n2c(sc(=Cc3ccc(F)cc3)c2=O)=C(C(N)=O)C1c1ccc(F)cc1. The number of hydrogen-bond acceptors (Lipinski definition) is 5. The first kappa shape index (κ1) is 20.3. The average molecular weight is 436 g/mol. The molecule has 4 rings (SSSR count). The minimum absolute atomic E-state index is 0.0122. The number of rotatable bonds is 3. The molecule has 0 bridgehead atoms. The van der Waals surface area contributed by atoms with E-state index >= 15 is 0 Å². The number of aromatic nitrogens is 1. The van der Waals surface area contributed by atoms with Crippen molar-refractivity contribution in [3.63, 3.8) is 0 Å². The van der Waals surface area contributed by atoms with E-state index in [4.69, 9.17) is 11.5 Å². The molecule has 154 valence electrons. The van der Waals surface area contributed by atoms with Crippen LogP contribution in [-0.2, 0) is 4.79 Å². The van der Waals surface area contributed by atoms with Gasteiger partial charge in [-0.15, -0.1) is 11.3 Å². The van der Waals surface area contributed by atoms with Crippen molar-refractivity contribution >= 4 is 34.7 Å². The van der Waals surface area contributed by atoms with Crippen molar-refractivity contribution in [1.29, 1.82) is 5.26 Å². The molecule has 9 heteroatoms. The van der Waals surface area contributed by atoms with E-state index in [1.165, 1.54) is 54.6 Å². The summed E-state index contributed by atoms with van der Waals surface area (Å²) in [6, 6.07) is 12.7. The molecule has 1 unspecified atom stereocenters. The van der Waals surface area contributed by atoms with Gasteiger partial charge in [-0.2, -0.15) is 5.26 Å². The van der Waals surface area contributed by atoms with Crippen LogP contribution in [-0.4, -0.2) is 10.5 Å². The average Bonchev–Trinajstić information content (AvgIpc) is 3.06. The molecule has 1 aromatic heterocycles. The number of halogens is 2. The molecule has 0 spiro atoms. The highest BCUT2D eigenvalue weighted by molar-refractivity contribution is 7.07. The first-order chi connectivity index (χ1) is 14.8. The Labute approximate surface area is 178 Å². The Bertz CT molecular complexity index is 1460. The van der Waals surface area contributed by atoms with E-state index in [1.807, 2.05) is 6.07 Å². The largest absolute Gasteiger partial charge is 0.384 e. The van der Waals surface area contributed by atoms with Gasteiger partial charge in [-0.25, -0.2) is 8.78 Å². The van der Waals surface area contributed by atoms with Gasteiger partial charge in [0.2, 0.25) is 5.91 Å². The molecular weight excluding hydrogens is 422 g/mol. The van der Waals surface area contributed by atoms with Crippen LogP contribution in [0.15, 0.2) is 58.9 Å². The molecule has 4 N–H and O–H groups in total. The van der Waals surface area contributed by atoms with E-state index in [2.05, 4.69) is 0 Å². The van der Waals surface area contributed by atoms with E-state index in [1.54, 1.807) is 0 Å². The molecule has 1 atom stereocenters. The molecule has 1 aliphatic rings. The molecule has 0 saturated carbocycles. The van der Waals surface area contributed by atoms with Crippen molar-refractivity contribution in [2.45, 2.75) is 5.92 Å². The number of nitriles is 1. The van der Waals surface area contributed by atoms with Gasteiger partial charge >= 0.3 is 0 Å². The summed E-state index contributed by atoms with van der Waals surface area (Å²) in [5.74, 6) is -2.81. The third kappa shape index (κ3) is 3.43. The van der Waals surface area contributed by atoms with Crippen molar-refractivity contribution in [1.82, 2.24) is 4.57 Å². The molecule has 1 amide bonds. The standard InChI is InChI=1S/C22H14F2N4O2S/c23-13-5-1-11(2-6-13)9-16-21(30)28-19(26)15(10-25)17(12-3-7-14(24)8-4-12)18(20(27)29)22(28)31-16/h1-9,17H,26H2,(H2,27,29). The number of allylic oxidation sites excluding steroid dienone is 1. The minimum atomic E-state index is -0.945. The van der Waals surface area contributed by atoms with Gasteiger partial charge in [0.1, 0.15) is 22.1 Å². The Kier molecular flexibility index (Phi) is 5.01. The fourth-order valence-electron chi connectivity index (χ4n) is 3.49. The van der Waals surface area contributed by atoms with E-state index in [0.717, 1.165) is 15.9 Å². The van der Waals surface area contributed by atoms with Gasteiger partial charge in [0.05, 0.1) is 27.7 Å². The van der Waals surface area contributed by atoms with Gasteiger partial charge in [0.25, 0.3) is 5.56 Å². The summed E-state index contributed by atoms with van der Waals surface area (Å²) >= 11 is 0.981. The highest BCUT2D eigenvalue weighted by atomic mass is 32.1. The monoisotopic (exact) mass is 436 g/mol. The van der Waals surface area contributed by atoms with Gasteiger partial charge in [0.15, 0.2) is 0 Å². The van der Waals surface area contributed by atoms with E-state index < -0.39 is 29.0 Å². The van der Waals surface area contributed by atoms with Crippen LogP contribution < -0.4 is 26.2 Å². The third-order valence-corrected chi connectivity index (χ3v) is 6.01. The number of carbonyl (C=O) groups is 1. The van der Waals surface area contributed by atoms with Gasteiger partial charge in [0, 0.05) is 0 Å². The summed E-state index contributed by atoms with van der Waals surface area (Å²) in [4.78, 5) is 25.5. The van der Waals surface area contributed by atoms with Gasteiger partial charge in [-0.1, -0.05) is 24.3 Å². The van der Waals surface area contributed by atoms with Crippen LogP contribution in [0, 0.1) is 23.0 Å². The Morgan fingerprint density at radius 3 is 2.23 bits per heavy atom. The van der Waals surface area contributed by atoms with E-state index in [9.17, 15) is 23.6 Å². The summed E-state index contributed by atoms with van der Waals surface area (Å²) < 4.78 is 28.1. The first-order valence-electron chi connectivity index (χ1n) is 9.00. The zero-order valence-corrected chi connectivity index (χ0v) is 16.6. The van der Waals surface area contributed by atoms with Crippen molar-refractivity contribution < 1.29 is 13.6 Å². The van der Waals surface area contributed by atoms with Crippen molar-refractivity contribution in [3.8, 4) is 6.07 Å². The molecule has 2 aromatic carbocycles. The Morgan fingerprint density at radius 1 is 1.10 bits per heavy atom. The lowest BCUT2D eigenvalue weighted by Crippen LogP contribution is -2.41. The second-order valence-corrected chi connectivity index (χ2v) is 7.81. The Hall–Kier alpha value is -4.03. The lowest BCUT2D eigenvalue weighted by Gasteiger charge is -2.24. The van der Waals surface area contributed by atoms with E-state index in [0.29, 0.717) is 11.1 Å². The quantitative estimate of drug-likeness (QED) is 0.640. The zero-order valence-electron chi connectivity index (χ0n) is 15.8. The molecule has 0 saturated heterocycles. The summed E-state index contributed by atoms with van der Waals surface area (Å²) in [6.07, 6.45) is 1.53. The van der Waals surface area contributed by atoms with Gasteiger partial charge < -0.3 is 11.5 Å². The Morgan fingerprint density at radius 2 is 1.68 bits per heavy atom. The molecule has 2 heterocycles. The molecular formula is C22H14F2N4O2S. The second-order valence-electron chi connectivity index (χ2n) is 6.78. The highest BCUT2D eigenvalue weighted by Gasteiger charge is 2.34. The summed E-state index contributed by atoms with van der Waals surface area (Å²) in [5.41, 5.74) is 12.3. The second kappa shape index (κ2) is 7.66. The summed E-state index contributed by atoms with van der Waals surface area (Å²) in [6.45, 7) is 0. The van der Waals surface area contributed by atoms with Crippen LogP contribution in [0.3, 0.4) is 0 Å². The fraction of sp³-hybridized carbons (Fsp3) is 0.0455. The van der Waals surface area contributed by atoms with Crippen molar-refractivity contribution in [3.05, 3.63) is 96.4 Å². The predicted octanol–water partition coefficient (Wildman–Crippen LogP) is 1.10.